The molecule has 1 aliphatic rings. The van der Waals surface area contributed by atoms with E-state index in [1.807, 2.05) is 0 Å². The van der Waals surface area contributed by atoms with Crippen LogP contribution in [0.2, 0.25) is 5.02 Å². The third-order valence-electron chi connectivity index (χ3n) is 3.62. The van der Waals surface area contributed by atoms with Crippen LogP contribution in [0, 0.1) is 0 Å². The molecule has 0 N–H and O–H groups in total. The third kappa shape index (κ3) is 3.80. The Bertz CT molecular complexity index is 903. The summed E-state index contributed by atoms with van der Waals surface area (Å²) in [6, 6.07) is 6.59. The number of benzene rings is 2. The first-order chi connectivity index (χ1) is 12.9. The fourth-order valence-corrected chi connectivity index (χ4v) is 2.65. The summed E-state index contributed by atoms with van der Waals surface area (Å²) < 4.78 is 24.9. The Morgan fingerprint density at radius 3 is 2.04 bits per heavy atom. The van der Waals surface area contributed by atoms with E-state index in [0.717, 1.165) is 0 Å². The third-order valence-corrected chi connectivity index (χ3v) is 3.90. The van der Waals surface area contributed by atoms with Gasteiger partial charge in [-0.05, 0) is 30.3 Å². The average Bonchev–Trinajstić information content (AvgIpc) is 3.15. The van der Waals surface area contributed by atoms with Crippen molar-refractivity contribution in [3.63, 3.8) is 0 Å². The molecule has 0 aromatic heterocycles. The summed E-state index contributed by atoms with van der Waals surface area (Å²) in [6.07, 6.45) is 0. The van der Waals surface area contributed by atoms with E-state index in [4.69, 9.17) is 25.8 Å². The fraction of sp³-hybridized carbons (Fsp3) is 0.167. The average molecular weight is 393 g/mol. The van der Waals surface area contributed by atoms with Crippen LogP contribution >= 0.6 is 11.6 Å². The predicted octanol–water partition coefficient (Wildman–Crippen LogP) is 2.86. The highest BCUT2D eigenvalue weighted by Gasteiger charge is 2.22. The van der Waals surface area contributed by atoms with Gasteiger partial charge >= 0.3 is 17.9 Å². The molecule has 3 rings (SSSR count). The molecule has 2 aromatic carbocycles. The maximum absolute atomic E-state index is 12.5. The Kier molecular flexibility index (Phi) is 5.18. The van der Waals surface area contributed by atoms with Crippen molar-refractivity contribution in [1.29, 1.82) is 0 Å². The molecule has 0 atom stereocenters. The molecule has 0 saturated carbocycles. The Balaban J connectivity index is 1.92. The van der Waals surface area contributed by atoms with Gasteiger partial charge in [-0.3, -0.25) is 0 Å². The molecule has 0 unspecified atom stereocenters. The zero-order valence-electron chi connectivity index (χ0n) is 14.2. The lowest BCUT2D eigenvalue weighted by atomic mass is 10.1. The molecule has 0 bridgehead atoms. The van der Waals surface area contributed by atoms with Gasteiger partial charge in [-0.1, -0.05) is 11.6 Å². The number of carbonyl (C=O) groups is 3. The second-order valence-electron chi connectivity index (χ2n) is 5.31. The summed E-state index contributed by atoms with van der Waals surface area (Å²) in [5.41, 5.74) is 0.145. The number of rotatable bonds is 4. The van der Waals surface area contributed by atoms with Gasteiger partial charge in [-0.25, -0.2) is 14.4 Å². The Hall–Kier alpha value is -3.26. The van der Waals surface area contributed by atoms with Crippen molar-refractivity contribution in [3.8, 4) is 17.2 Å². The van der Waals surface area contributed by atoms with Crippen LogP contribution in [0.1, 0.15) is 31.1 Å². The molecular formula is C18H13ClO8. The highest BCUT2D eigenvalue weighted by atomic mass is 35.5. The lowest BCUT2D eigenvalue weighted by molar-refractivity contribution is 0.0593. The van der Waals surface area contributed by atoms with E-state index in [9.17, 15) is 14.4 Å². The highest BCUT2D eigenvalue weighted by molar-refractivity contribution is 6.32. The van der Waals surface area contributed by atoms with Crippen LogP contribution in [0.3, 0.4) is 0 Å². The molecule has 0 spiro atoms. The van der Waals surface area contributed by atoms with E-state index in [-0.39, 0.29) is 34.3 Å². The van der Waals surface area contributed by atoms with Gasteiger partial charge in [0, 0.05) is 0 Å². The van der Waals surface area contributed by atoms with Crippen LogP contribution in [-0.4, -0.2) is 38.9 Å². The first kappa shape index (κ1) is 18.5. The van der Waals surface area contributed by atoms with Gasteiger partial charge in [0.2, 0.25) is 6.79 Å². The molecule has 1 aliphatic heterocycles. The van der Waals surface area contributed by atoms with Crippen LogP contribution in [0.4, 0.5) is 0 Å². The number of halogens is 1. The minimum atomic E-state index is -0.770. The molecule has 8 nitrogen and oxygen atoms in total. The summed E-state index contributed by atoms with van der Waals surface area (Å²) in [5, 5.41) is 0.190. The largest absolute Gasteiger partial charge is 0.465 e. The summed E-state index contributed by atoms with van der Waals surface area (Å²) in [5.74, 6) is -1.57. The Morgan fingerprint density at radius 2 is 1.44 bits per heavy atom. The van der Waals surface area contributed by atoms with Gasteiger partial charge in [0.15, 0.2) is 11.5 Å². The quantitative estimate of drug-likeness (QED) is 0.578. The monoisotopic (exact) mass is 392 g/mol. The van der Waals surface area contributed by atoms with Gasteiger partial charge in [-0.2, -0.15) is 0 Å². The molecule has 0 fully saturated rings. The molecule has 0 amide bonds. The molecule has 9 heteroatoms. The van der Waals surface area contributed by atoms with Gasteiger partial charge in [0.05, 0.1) is 35.9 Å². The standard InChI is InChI=1S/C18H13ClO8/c1-23-16(20)9-3-10(17(21)24-2)5-12(4-9)27-18(22)11-6-13(19)15-14(7-11)25-8-26-15/h3-7H,8H2,1-2H3. The summed E-state index contributed by atoms with van der Waals surface area (Å²) >= 11 is 6.06. The topological polar surface area (TPSA) is 97.4 Å². The van der Waals surface area contributed by atoms with Crippen molar-refractivity contribution in [1.82, 2.24) is 0 Å². The maximum atomic E-state index is 12.5. The van der Waals surface area contributed by atoms with Crippen molar-refractivity contribution in [3.05, 3.63) is 52.0 Å². The van der Waals surface area contributed by atoms with Crippen molar-refractivity contribution in [2.24, 2.45) is 0 Å². The van der Waals surface area contributed by atoms with Crippen molar-refractivity contribution in [2.75, 3.05) is 21.0 Å². The van der Waals surface area contributed by atoms with Crippen molar-refractivity contribution >= 4 is 29.5 Å². The van der Waals surface area contributed by atoms with E-state index in [0.29, 0.717) is 11.5 Å². The van der Waals surface area contributed by atoms with E-state index >= 15 is 0 Å². The minimum absolute atomic E-state index is 0.00276. The molecule has 140 valence electrons. The lowest BCUT2D eigenvalue weighted by Crippen LogP contribution is -2.11. The van der Waals surface area contributed by atoms with E-state index in [2.05, 4.69) is 9.47 Å². The van der Waals surface area contributed by atoms with Crippen LogP contribution in [-0.2, 0) is 9.47 Å². The number of hydrogen-bond acceptors (Lipinski definition) is 8. The molecule has 2 aromatic rings. The molecule has 0 saturated heterocycles. The normalized spacial score (nSPS) is 11.7. The number of fused-ring (bicyclic) bond motifs is 1. The van der Waals surface area contributed by atoms with Crippen molar-refractivity contribution in [2.45, 2.75) is 0 Å². The van der Waals surface area contributed by atoms with E-state index in [1.54, 1.807) is 0 Å². The molecule has 0 aliphatic carbocycles. The van der Waals surface area contributed by atoms with Crippen LogP contribution < -0.4 is 14.2 Å². The van der Waals surface area contributed by atoms with E-state index < -0.39 is 17.9 Å². The first-order valence-corrected chi connectivity index (χ1v) is 7.93. The fourth-order valence-electron chi connectivity index (χ4n) is 2.38. The van der Waals surface area contributed by atoms with Crippen molar-refractivity contribution < 1.29 is 38.1 Å². The van der Waals surface area contributed by atoms with Gasteiger partial charge in [0.25, 0.3) is 0 Å². The molecule has 0 radical (unpaired) electrons. The summed E-state index contributed by atoms with van der Waals surface area (Å²) in [4.78, 5) is 36.0. The summed E-state index contributed by atoms with van der Waals surface area (Å²) in [7, 11) is 2.38. The van der Waals surface area contributed by atoms with Crippen LogP contribution in [0.25, 0.3) is 0 Å². The zero-order chi connectivity index (χ0) is 19.6. The first-order valence-electron chi connectivity index (χ1n) is 7.56. The molecule has 27 heavy (non-hydrogen) atoms. The van der Waals surface area contributed by atoms with Crippen LogP contribution in [0.15, 0.2) is 30.3 Å². The van der Waals surface area contributed by atoms with Gasteiger partial charge in [-0.15, -0.1) is 0 Å². The smallest absolute Gasteiger partial charge is 0.343 e. The molecular weight excluding hydrogens is 380 g/mol. The predicted molar refractivity (Wildman–Crippen MR) is 91.7 cm³/mol. The number of ether oxygens (including phenoxy) is 5. The van der Waals surface area contributed by atoms with E-state index in [1.165, 1.54) is 44.6 Å². The molecule has 1 heterocycles. The maximum Gasteiger partial charge on any atom is 0.343 e. The number of methoxy groups -OCH3 is 2. The minimum Gasteiger partial charge on any atom is -0.465 e. The SMILES string of the molecule is COC(=O)c1cc(OC(=O)c2cc(Cl)c3c(c2)OCO3)cc(C(=O)OC)c1. The van der Waals surface area contributed by atoms with Gasteiger partial charge in [0.1, 0.15) is 5.75 Å². The number of esters is 3. The Labute approximate surface area is 158 Å². The number of hydrogen-bond donors (Lipinski definition) is 0. The second-order valence-corrected chi connectivity index (χ2v) is 5.72. The van der Waals surface area contributed by atoms with Gasteiger partial charge < -0.3 is 23.7 Å². The summed E-state index contributed by atoms with van der Waals surface area (Å²) in [6.45, 7) is -0.00276. The number of carbonyl (C=O) groups excluding carboxylic acids is 3. The Morgan fingerprint density at radius 1 is 0.852 bits per heavy atom. The lowest BCUT2D eigenvalue weighted by Gasteiger charge is -2.09. The van der Waals surface area contributed by atoms with Crippen LogP contribution in [0.5, 0.6) is 17.2 Å². The zero-order valence-corrected chi connectivity index (χ0v) is 15.0. The second kappa shape index (κ2) is 7.55. The highest BCUT2D eigenvalue weighted by Crippen LogP contribution is 2.40.